The molecule has 2 aliphatic carbocycles. The Morgan fingerprint density at radius 3 is 2.58 bits per heavy atom. The van der Waals surface area contributed by atoms with Crippen molar-refractivity contribution in [2.45, 2.75) is 19.3 Å². The fraction of sp³-hybridized carbons (Fsp3) is 0.667. The van der Waals surface area contributed by atoms with Gasteiger partial charge in [-0.1, -0.05) is 18.0 Å². The summed E-state index contributed by atoms with van der Waals surface area (Å²) in [5, 5.41) is 0.340. The summed E-state index contributed by atoms with van der Waals surface area (Å²) in [5.41, 5.74) is 1.15. The molecule has 2 unspecified atom stereocenters. The van der Waals surface area contributed by atoms with E-state index in [1.165, 1.54) is 26.4 Å². The molecule has 0 spiro atoms. The third kappa shape index (κ3) is 1.06. The summed E-state index contributed by atoms with van der Waals surface area (Å²) in [7, 11) is 1.36. The van der Waals surface area contributed by atoms with Gasteiger partial charge < -0.3 is 4.74 Å². The molecule has 12 heavy (non-hydrogen) atoms. The maximum absolute atomic E-state index is 11.0. The van der Waals surface area contributed by atoms with Crippen molar-refractivity contribution < 1.29 is 9.53 Å². The van der Waals surface area contributed by atoms with Gasteiger partial charge in [0.1, 0.15) is 5.03 Å². The van der Waals surface area contributed by atoms with Crippen LogP contribution in [0.3, 0.4) is 0 Å². The van der Waals surface area contributed by atoms with Crippen molar-refractivity contribution in [3.8, 4) is 0 Å². The highest BCUT2D eigenvalue weighted by Crippen LogP contribution is 2.58. The van der Waals surface area contributed by atoms with Crippen molar-refractivity contribution in [2.75, 3.05) is 7.11 Å². The lowest BCUT2D eigenvalue weighted by Crippen LogP contribution is -2.00. The fourth-order valence-electron chi connectivity index (χ4n) is 2.18. The number of hydrogen-bond acceptors (Lipinski definition) is 2. The van der Waals surface area contributed by atoms with Gasteiger partial charge in [0.15, 0.2) is 0 Å². The number of carbonyl (C=O) groups excluding carboxylic acids is 1. The largest absolute Gasteiger partial charge is 0.465 e. The smallest absolute Gasteiger partial charge is 0.349 e. The molecule has 0 aliphatic heterocycles. The number of halogens is 1. The van der Waals surface area contributed by atoms with E-state index < -0.39 is 0 Å². The van der Waals surface area contributed by atoms with Crippen LogP contribution < -0.4 is 0 Å². The lowest BCUT2D eigenvalue weighted by atomic mass is 10.2. The Labute approximate surface area is 76.5 Å². The molecule has 0 bridgehead atoms. The maximum Gasteiger partial charge on any atom is 0.349 e. The molecule has 2 saturated carbocycles. The van der Waals surface area contributed by atoms with Gasteiger partial charge in [-0.15, -0.1) is 0 Å². The van der Waals surface area contributed by atoms with Gasteiger partial charge in [0, 0.05) is 0 Å². The van der Waals surface area contributed by atoms with Crippen LogP contribution in [0.25, 0.3) is 0 Å². The number of carbonyl (C=O) groups is 1. The second kappa shape index (κ2) is 2.77. The van der Waals surface area contributed by atoms with Crippen LogP contribution in [-0.2, 0) is 9.53 Å². The van der Waals surface area contributed by atoms with E-state index in [2.05, 4.69) is 4.74 Å². The predicted octanol–water partition coefficient (Wildman–Crippen LogP) is 2.08. The Balaban J connectivity index is 2.13. The summed E-state index contributed by atoms with van der Waals surface area (Å²) >= 11 is 5.84. The molecule has 3 heteroatoms. The molecule has 0 radical (unpaired) electrons. The highest BCUT2D eigenvalue weighted by atomic mass is 35.5. The topological polar surface area (TPSA) is 26.3 Å². The molecule has 0 aromatic carbocycles. The number of hydrogen-bond donors (Lipinski definition) is 0. The van der Waals surface area contributed by atoms with E-state index in [0.29, 0.717) is 16.9 Å². The van der Waals surface area contributed by atoms with Crippen LogP contribution in [0.5, 0.6) is 0 Å². The van der Waals surface area contributed by atoms with E-state index in [1.807, 2.05) is 0 Å². The average molecular weight is 187 g/mol. The number of allylic oxidation sites excluding steroid dienone is 1. The van der Waals surface area contributed by atoms with Crippen molar-refractivity contribution in [3.63, 3.8) is 0 Å². The normalized spacial score (nSPS) is 31.3. The zero-order chi connectivity index (χ0) is 8.72. The maximum atomic E-state index is 11.0. The van der Waals surface area contributed by atoms with Crippen molar-refractivity contribution in [3.05, 3.63) is 10.6 Å². The van der Waals surface area contributed by atoms with Gasteiger partial charge in [-0.2, -0.15) is 0 Å². The second-order valence-corrected chi connectivity index (χ2v) is 3.78. The molecule has 2 atom stereocenters. The number of ether oxygens (including phenoxy) is 1. The third-order valence-corrected chi connectivity index (χ3v) is 3.20. The summed E-state index contributed by atoms with van der Waals surface area (Å²) in [6.07, 6.45) is 3.69. The van der Waals surface area contributed by atoms with Gasteiger partial charge in [0.05, 0.1) is 7.11 Å². The number of esters is 1. The summed E-state index contributed by atoms with van der Waals surface area (Å²) in [6.45, 7) is 0. The molecule has 2 nitrogen and oxygen atoms in total. The Kier molecular flexibility index (Phi) is 1.87. The summed E-state index contributed by atoms with van der Waals surface area (Å²) in [6, 6.07) is 0. The summed E-state index contributed by atoms with van der Waals surface area (Å²) < 4.78 is 4.55. The van der Waals surface area contributed by atoms with Crippen molar-refractivity contribution in [1.82, 2.24) is 0 Å². The van der Waals surface area contributed by atoms with Gasteiger partial charge in [0.2, 0.25) is 0 Å². The number of methoxy groups -OCH3 is 1. The van der Waals surface area contributed by atoms with Gasteiger partial charge in [-0.05, 0) is 30.3 Å². The van der Waals surface area contributed by atoms with Crippen LogP contribution in [0, 0.1) is 11.8 Å². The Hall–Kier alpha value is -0.500. The molecule has 2 aliphatic rings. The minimum absolute atomic E-state index is 0.340. The monoisotopic (exact) mass is 186 g/mol. The zero-order valence-corrected chi connectivity index (χ0v) is 7.73. The number of rotatable bonds is 1. The lowest BCUT2D eigenvalue weighted by molar-refractivity contribution is -0.135. The highest BCUT2D eigenvalue weighted by Gasteiger charge is 2.49. The van der Waals surface area contributed by atoms with Crippen molar-refractivity contribution in [2.24, 2.45) is 11.8 Å². The Morgan fingerprint density at radius 1 is 1.50 bits per heavy atom. The van der Waals surface area contributed by atoms with Crippen molar-refractivity contribution >= 4 is 17.6 Å². The van der Waals surface area contributed by atoms with Crippen LogP contribution in [0.15, 0.2) is 10.6 Å². The summed E-state index contributed by atoms with van der Waals surface area (Å²) in [5.74, 6) is 0.842. The predicted molar refractivity (Wildman–Crippen MR) is 45.7 cm³/mol. The molecule has 0 heterocycles. The molecular formula is C9H11ClO2. The van der Waals surface area contributed by atoms with Gasteiger partial charge in [-0.25, -0.2) is 4.79 Å². The first-order valence-corrected chi connectivity index (χ1v) is 4.61. The Morgan fingerprint density at radius 2 is 2.08 bits per heavy atom. The first-order chi connectivity index (χ1) is 5.75. The molecule has 2 rings (SSSR count). The number of fused-ring (bicyclic) bond motifs is 1. The molecular weight excluding hydrogens is 176 g/mol. The van der Waals surface area contributed by atoms with Crippen LogP contribution in [0.4, 0.5) is 0 Å². The molecule has 0 N–H and O–H groups in total. The standard InChI is InChI=1S/C9H11ClO2/c1-12-9(11)8(10)7-5-3-2-4-6(5)7/h5-6H,2-4H2,1H3. The molecule has 0 saturated heterocycles. The minimum atomic E-state index is -0.374. The van der Waals surface area contributed by atoms with Crippen LogP contribution in [-0.4, -0.2) is 13.1 Å². The second-order valence-electron chi connectivity index (χ2n) is 3.40. The first kappa shape index (κ1) is 8.11. The van der Waals surface area contributed by atoms with E-state index in [0.717, 1.165) is 5.57 Å². The Bertz CT molecular complexity index is 245. The van der Waals surface area contributed by atoms with E-state index in [1.54, 1.807) is 0 Å². The molecule has 0 aromatic rings. The zero-order valence-electron chi connectivity index (χ0n) is 6.97. The van der Waals surface area contributed by atoms with Gasteiger partial charge in [-0.3, -0.25) is 0 Å². The average Bonchev–Trinajstić information content (AvgIpc) is 2.56. The van der Waals surface area contributed by atoms with Crippen LogP contribution >= 0.6 is 11.6 Å². The van der Waals surface area contributed by atoms with E-state index in [9.17, 15) is 4.79 Å². The molecule has 66 valence electrons. The van der Waals surface area contributed by atoms with E-state index in [-0.39, 0.29) is 5.97 Å². The molecule has 0 aromatic heterocycles. The lowest BCUT2D eigenvalue weighted by Gasteiger charge is -1.97. The molecule has 2 fully saturated rings. The SMILES string of the molecule is COC(=O)C(Cl)=C1C2CCCC12. The van der Waals surface area contributed by atoms with Gasteiger partial charge >= 0.3 is 5.97 Å². The molecule has 0 amide bonds. The van der Waals surface area contributed by atoms with Crippen LogP contribution in [0.2, 0.25) is 0 Å². The van der Waals surface area contributed by atoms with E-state index >= 15 is 0 Å². The highest BCUT2D eigenvalue weighted by molar-refractivity contribution is 6.42. The van der Waals surface area contributed by atoms with Crippen molar-refractivity contribution in [1.29, 1.82) is 0 Å². The first-order valence-electron chi connectivity index (χ1n) is 4.23. The fourth-order valence-corrected chi connectivity index (χ4v) is 2.54. The summed E-state index contributed by atoms with van der Waals surface area (Å²) in [4.78, 5) is 11.0. The quantitative estimate of drug-likeness (QED) is 0.463. The van der Waals surface area contributed by atoms with Gasteiger partial charge in [0.25, 0.3) is 0 Å². The third-order valence-electron chi connectivity index (χ3n) is 2.82. The minimum Gasteiger partial charge on any atom is -0.465 e. The van der Waals surface area contributed by atoms with E-state index in [4.69, 9.17) is 11.6 Å². The van der Waals surface area contributed by atoms with Crippen LogP contribution in [0.1, 0.15) is 19.3 Å².